The van der Waals surface area contributed by atoms with Crippen LogP contribution in [0.2, 0.25) is 0 Å². The third-order valence-corrected chi connectivity index (χ3v) is 5.79. The average molecular weight is 395 g/mol. The second kappa shape index (κ2) is 8.74. The van der Waals surface area contributed by atoms with Gasteiger partial charge < -0.3 is 10.2 Å². The molecule has 2 fully saturated rings. The van der Waals surface area contributed by atoms with Crippen LogP contribution in [0.3, 0.4) is 0 Å². The fourth-order valence-electron chi connectivity index (χ4n) is 3.92. The summed E-state index contributed by atoms with van der Waals surface area (Å²) in [6.07, 6.45) is 0.589. The molecule has 6 heteroatoms. The zero-order valence-electron chi connectivity index (χ0n) is 16.4. The van der Waals surface area contributed by atoms with Crippen molar-refractivity contribution in [2.45, 2.75) is 19.5 Å². The monoisotopic (exact) mass is 395 g/mol. The van der Waals surface area contributed by atoms with Gasteiger partial charge in [0.2, 0.25) is 11.8 Å². The molecule has 1 N–H and O–H groups in total. The van der Waals surface area contributed by atoms with Crippen molar-refractivity contribution in [2.75, 3.05) is 26.2 Å². The number of hydrogen-bond acceptors (Lipinski definition) is 3. The van der Waals surface area contributed by atoms with Gasteiger partial charge in [-0.2, -0.15) is 0 Å². The normalized spacial score (nSPS) is 21.6. The number of amides is 2. The first-order chi connectivity index (χ1) is 14.1. The van der Waals surface area contributed by atoms with E-state index in [1.54, 1.807) is 18.2 Å². The lowest BCUT2D eigenvalue weighted by Crippen LogP contribution is -2.49. The summed E-state index contributed by atoms with van der Waals surface area (Å²) < 4.78 is 13.7. The highest BCUT2D eigenvalue weighted by Crippen LogP contribution is 2.40. The SMILES string of the molecule is O=C(NCc1ccccc1F)C1CC1C(=O)N1CCN(Cc2ccccc2)CC1. The highest BCUT2D eigenvalue weighted by atomic mass is 19.1. The maximum atomic E-state index is 13.7. The molecule has 0 aromatic heterocycles. The van der Waals surface area contributed by atoms with E-state index in [9.17, 15) is 14.0 Å². The Hall–Kier alpha value is -2.73. The van der Waals surface area contributed by atoms with Crippen LogP contribution in [0, 0.1) is 17.7 Å². The summed E-state index contributed by atoms with van der Waals surface area (Å²) in [6, 6.07) is 16.7. The van der Waals surface area contributed by atoms with Gasteiger partial charge in [-0.1, -0.05) is 48.5 Å². The van der Waals surface area contributed by atoms with Crippen LogP contribution in [0.25, 0.3) is 0 Å². The minimum absolute atomic E-state index is 0.0791. The quantitative estimate of drug-likeness (QED) is 0.817. The Balaban J connectivity index is 1.21. The van der Waals surface area contributed by atoms with Crippen LogP contribution < -0.4 is 5.32 Å². The van der Waals surface area contributed by atoms with Crippen molar-refractivity contribution < 1.29 is 14.0 Å². The first-order valence-corrected chi connectivity index (χ1v) is 10.2. The number of hydrogen-bond donors (Lipinski definition) is 1. The van der Waals surface area contributed by atoms with E-state index in [4.69, 9.17) is 0 Å². The summed E-state index contributed by atoms with van der Waals surface area (Å²) in [5, 5.41) is 2.77. The second-order valence-electron chi connectivity index (χ2n) is 7.84. The lowest BCUT2D eigenvalue weighted by atomic mass is 10.2. The zero-order valence-corrected chi connectivity index (χ0v) is 16.4. The van der Waals surface area contributed by atoms with Crippen LogP contribution in [0.15, 0.2) is 54.6 Å². The van der Waals surface area contributed by atoms with Crippen molar-refractivity contribution in [3.8, 4) is 0 Å². The maximum absolute atomic E-state index is 13.7. The summed E-state index contributed by atoms with van der Waals surface area (Å²) >= 11 is 0. The molecule has 2 unspecified atom stereocenters. The van der Waals surface area contributed by atoms with Crippen molar-refractivity contribution in [2.24, 2.45) is 11.8 Å². The Bertz CT molecular complexity index is 865. The van der Waals surface area contributed by atoms with Crippen LogP contribution in [0.4, 0.5) is 4.39 Å². The van der Waals surface area contributed by atoms with Gasteiger partial charge in [-0.05, 0) is 18.1 Å². The van der Waals surface area contributed by atoms with Gasteiger partial charge in [0.15, 0.2) is 0 Å². The van der Waals surface area contributed by atoms with Gasteiger partial charge in [-0.15, -0.1) is 0 Å². The molecule has 5 nitrogen and oxygen atoms in total. The van der Waals surface area contributed by atoms with Crippen LogP contribution in [-0.2, 0) is 22.7 Å². The molecular formula is C23H26FN3O2. The molecule has 1 aliphatic heterocycles. The Morgan fingerprint density at radius 1 is 0.931 bits per heavy atom. The number of carbonyl (C=O) groups is 2. The summed E-state index contributed by atoms with van der Waals surface area (Å²) in [4.78, 5) is 29.3. The molecule has 0 spiro atoms. The van der Waals surface area contributed by atoms with Gasteiger partial charge in [0, 0.05) is 44.8 Å². The summed E-state index contributed by atoms with van der Waals surface area (Å²) in [5.74, 6) is -0.915. The van der Waals surface area contributed by atoms with E-state index in [0.717, 1.165) is 19.6 Å². The fraction of sp³-hybridized carbons (Fsp3) is 0.391. The van der Waals surface area contributed by atoms with Crippen LogP contribution >= 0.6 is 0 Å². The molecule has 1 aliphatic carbocycles. The average Bonchev–Trinajstić information content (AvgIpc) is 3.55. The Morgan fingerprint density at radius 3 is 2.34 bits per heavy atom. The van der Waals surface area contributed by atoms with Gasteiger partial charge in [0.05, 0.1) is 11.8 Å². The topological polar surface area (TPSA) is 52.7 Å². The highest BCUT2D eigenvalue weighted by molar-refractivity contribution is 5.92. The predicted octanol–water partition coefficient (Wildman–Crippen LogP) is 2.42. The van der Waals surface area contributed by atoms with Crippen molar-refractivity contribution >= 4 is 11.8 Å². The van der Waals surface area contributed by atoms with Gasteiger partial charge in [0.25, 0.3) is 0 Å². The molecular weight excluding hydrogens is 369 g/mol. The number of halogens is 1. The van der Waals surface area contributed by atoms with Crippen LogP contribution in [0.5, 0.6) is 0 Å². The number of piperazine rings is 1. The Labute approximate surface area is 170 Å². The Morgan fingerprint density at radius 2 is 1.62 bits per heavy atom. The molecule has 2 atom stereocenters. The van der Waals surface area contributed by atoms with Crippen molar-refractivity contribution in [1.82, 2.24) is 15.1 Å². The molecule has 1 saturated heterocycles. The number of rotatable bonds is 6. The molecule has 1 heterocycles. The largest absolute Gasteiger partial charge is 0.352 e. The molecule has 29 heavy (non-hydrogen) atoms. The molecule has 2 aromatic carbocycles. The van der Waals surface area contributed by atoms with Crippen LogP contribution in [-0.4, -0.2) is 47.8 Å². The van der Waals surface area contributed by atoms with Crippen molar-refractivity contribution in [3.05, 3.63) is 71.5 Å². The molecule has 0 radical (unpaired) electrons. The standard InChI is InChI=1S/C23H26FN3O2/c24-21-9-5-4-8-18(21)15-25-22(28)19-14-20(19)23(29)27-12-10-26(11-13-27)16-17-6-2-1-3-7-17/h1-9,19-20H,10-16H2,(H,25,28). The van der Waals surface area contributed by atoms with E-state index < -0.39 is 0 Å². The van der Waals surface area contributed by atoms with Crippen LogP contribution in [0.1, 0.15) is 17.5 Å². The third-order valence-electron chi connectivity index (χ3n) is 5.79. The number of carbonyl (C=O) groups excluding carboxylic acids is 2. The molecule has 0 bridgehead atoms. The first kappa shape index (κ1) is 19.6. The molecule has 152 valence electrons. The van der Waals surface area contributed by atoms with Gasteiger partial charge >= 0.3 is 0 Å². The maximum Gasteiger partial charge on any atom is 0.226 e. The smallest absolute Gasteiger partial charge is 0.226 e. The molecule has 2 aromatic rings. The molecule has 2 aliphatic rings. The van der Waals surface area contributed by atoms with Gasteiger partial charge in [-0.25, -0.2) is 4.39 Å². The minimum Gasteiger partial charge on any atom is -0.352 e. The van der Waals surface area contributed by atoms with Crippen molar-refractivity contribution in [1.29, 1.82) is 0 Å². The van der Waals surface area contributed by atoms with E-state index in [-0.39, 0.29) is 36.0 Å². The van der Waals surface area contributed by atoms with E-state index >= 15 is 0 Å². The minimum atomic E-state index is -0.329. The number of benzene rings is 2. The molecule has 4 rings (SSSR count). The van der Waals surface area contributed by atoms with E-state index in [0.29, 0.717) is 25.1 Å². The third kappa shape index (κ3) is 4.82. The lowest BCUT2D eigenvalue weighted by Gasteiger charge is -2.35. The molecule has 1 saturated carbocycles. The van der Waals surface area contributed by atoms with Gasteiger partial charge in [-0.3, -0.25) is 14.5 Å². The van der Waals surface area contributed by atoms with Gasteiger partial charge in [0.1, 0.15) is 5.82 Å². The van der Waals surface area contributed by atoms with Crippen molar-refractivity contribution in [3.63, 3.8) is 0 Å². The summed E-state index contributed by atoms with van der Waals surface area (Å²) in [6.45, 7) is 4.14. The van der Waals surface area contributed by atoms with E-state index in [1.807, 2.05) is 23.1 Å². The summed E-state index contributed by atoms with van der Waals surface area (Å²) in [7, 11) is 0. The second-order valence-corrected chi connectivity index (χ2v) is 7.84. The van der Waals surface area contributed by atoms with E-state index in [2.05, 4.69) is 22.3 Å². The van der Waals surface area contributed by atoms with E-state index in [1.165, 1.54) is 11.6 Å². The predicted molar refractivity (Wildman–Crippen MR) is 108 cm³/mol. The number of nitrogens with one attached hydrogen (secondary N) is 1. The first-order valence-electron chi connectivity index (χ1n) is 10.2. The zero-order chi connectivity index (χ0) is 20.2. The fourth-order valence-corrected chi connectivity index (χ4v) is 3.92. The summed E-state index contributed by atoms with van der Waals surface area (Å²) in [5.41, 5.74) is 1.74. The molecule has 2 amide bonds. The number of nitrogens with zero attached hydrogens (tertiary/aromatic N) is 2. The lowest BCUT2D eigenvalue weighted by molar-refractivity contribution is -0.136. The highest BCUT2D eigenvalue weighted by Gasteiger charge is 2.49. The Kier molecular flexibility index (Phi) is 5.90.